The molecule has 2 fully saturated rings. The van der Waals surface area contributed by atoms with Gasteiger partial charge in [-0.2, -0.15) is 0 Å². The number of rotatable bonds is 5. The fraction of sp³-hybridized carbons (Fsp3) is 0.565. The highest BCUT2D eigenvalue weighted by Crippen LogP contribution is 2.42. The Kier molecular flexibility index (Phi) is 6.97. The number of benzene rings is 1. The number of hydrogen-bond donors (Lipinski definition) is 0. The molecule has 28 heavy (non-hydrogen) atoms. The number of esters is 1. The Bertz CT molecular complexity index is 725. The largest absolute Gasteiger partial charge is 0.465 e. The van der Waals surface area contributed by atoms with Gasteiger partial charge in [-0.05, 0) is 57.4 Å². The lowest BCUT2D eigenvalue weighted by molar-refractivity contribution is -0.153. The predicted octanol–water partition coefficient (Wildman–Crippen LogP) is 5.89. The molecule has 0 amide bonds. The molecule has 0 spiro atoms. The van der Waals surface area contributed by atoms with Gasteiger partial charge in [-0.25, -0.2) is 4.99 Å². The van der Waals surface area contributed by atoms with Gasteiger partial charge in [-0.1, -0.05) is 41.3 Å². The number of hydrogen-bond acceptors (Lipinski definition) is 3. The first kappa shape index (κ1) is 21.1. The minimum absolute atomic E-state index is 0.0144. The van der Waals surface area contributed by atoms with Crippen molar-refractivity contribution in [1.82, 2.24) is 4.90 Å². The Labute approximate surface area is 177 Å². The molecule has 5 heteroatoms. The summed E-state index contributed by atoms with van der Waals surface area (Å²) in [6.07, 6.45) is 8.92. The molecule has 1 aliphatic heterocycles. The number of likely N-dealkylation sites (tertiary alicyclic amines) is 1. The molecule has 2 atom stereocenters. The molecule has 2 aliphatic rings. The van der Waals surface area contributed by atoms with Gasteiger partial charge >= 0.3 is 5.97 Å². The summed E-state index contributed by atoms with van der Waals surface area (Å²) in [4.78, 5) is 20.6. The highest BCUT2D eigenvalue weighted by atomic mass is 79.9. The van der Waals surface area contributed by atoms with Gasteiger partial charge in [0.2, 0.25) is 0 Å². The summed E-state index contributed by atoms with van der Waals surface area (Å²) in [5, 5.41) is 0. The number of nitrogens with zero attached hydrogens (tertiary/aromatic N) is 2. The third-order valence-corrected chi connectivity index (χ3v) is 6.75. The van der Waals surface area contributed by atoms with Crippen LogP contribution in [0.3, 0.4) is 0 Å². The lowest BCUT2D eigenvalue weighted by Crippen LogP contribution is -2.59. The van der Waals surface area contributed by atoms with E-state index in [1.54, 1.807) is 0 Å². The highest BCUT2D eigenvalue weighted by molar-refractivity contribution is 9.10. The van der Waals surface area contributed by atoms with E-state index in [9.17, 15) is 4.79 Å². The second-order valence-electron chi connectivity index (χ2n) is 7.95. The number of carbonyl (C=O) groups is 1. The molecule has 152 valence electrons. The van der Waals surface area contributed by atoms with Crippen molar-refractivity contribution < 1.29 is 9.53 Å². The maximum Gasteiger partial charge on any atom is 0.320 e. The molecule has 4 nitrogen and oxygen atoms in total. The molecule has 2 unspecified atom stereocenters. The van der Waals surface area contributed by atoms with E-state index in [0.717, 1.165) is 41.8 Å². The zero-order valence-corrected chi connectivity index (χ0v) is 18.6. The van der Waals surface area contributed by atoms with Crippen LogP contribution in [0, 0.1) is 11.3 Å². The van der Waals surface area contributed by atoms with Crippen molar-refractivity contribution in [2.45, 2.75) is 58.4 Å². The van der Waals surface area contributed by atoms with Crippen LogP contribution in [-0.4, -0.2) is 35.9 Å². The number of carbonyl (C=O) groups excluding carboxylic acids is 1. The standard InChI is InChI=1S/C23H31BrN2O2/c1-4-17-15-16-26(20-9-7-6-8-10-20)21(23(17,3)22(27)28-5-2)25-19-13-11-18(24)12-14-19/h4,11-14,17,20H,1,5-10,15-16H2,2-3H3. The third-order valence-electron chi connectivity index (χ3n) is 6.22. The molecule has 1 saturated heterocycles. The first-order valence-corrected chi connectivity index (χ1v) is 11.2. The van der Waals surface area contributed by atoms with E-state index in [4.69, 9.17) is 9.73 Å². The van der Waals surface area contributed by atoms with Gasteiger partial charge in [0.15, 0.2) is 0 Å². The summed E-state index contributed by atoms with van der Waals surface area (Å²) in [6.45, 7) is 9.15. The molecule has 1 aliphatic carbocycles. The van der Waals surface area contributed by atoms with Gasteiger partial charge in [0.25, 0.3) is 0 Å². The predicted molar refractivity (Wildman–Crippen MR) is 118 cm³/mol. The van der Waals surface area contributed by atoms with E-state index in [0.29, 0.717) is 12.6 Å². The Morgan fingerprint density at radius 2 is 1.96 bits per heavy atom. The van der Waals surface area contributed by atoms with Crippen LogP contribution in [0.4, 0.5) is 5.69 Å². The van der Waals surface area contributed by atoms with Gasteiger partial charge in [-0.3, -0.25) is 4.79 Å². The molecule has 0 N–H and O–H groups in total. The Morgan fingerprint density at radius 1 is 1.29 bits per heavy atom. The van der Waals surface area contributed by atoms with E-state index in [1.807, 2.05) is 44.2 Å². The molecule has 1 aromatic carbocycles. The first-order valence-electron chi connectivity index (χ1n) is 10.4. The van der Waals surface area contributed by atoms with Crippen LogP contribution in [0.5, 0.6) is 0 Å². The first-order chi connectivity index (χ1) is 13.5. The number of allylic oxidation sites excluding steroid dienone is 1. The highest BCUT2D eigenvalue weighted by Gasteiger charge is 2.52. The summed E-state index contributed by atoms with van der Waals surface area (Å²) in [5.41, 5.74) is 0.0415. The van der Waals surface area contributed by atoms with Crippen molar-refractivity contribution in [2.24, 2.45) is 16.3 Å². The molecular formula is C23H31BrN2O2. The van der Waals surface area contributed by atoms with Crippen LogP contribution in [0.1, 0.15) is 52.4 Å². The molecule has 1 heterocycles. The van der Waals surface area contributed by atoms with E-state index in [1.165, 1.54) is 19.3 Å². The number of aliphatic imine (C=N–C) groups is 1. The zero-order valence-electron chi connectivity index (χ0n) is 17.0. The number of halogens is 1. The summed E-state index contributed by atoms with van der Waals surface area (Å²) in [7, 11) is 0. The SMILES string of the molecule is C=CC1CCN(C2CCCCC2)C(=Nc2ccc(Br)cc2)C1(C)C(=O)OCC. The number of ether oxygens (including phenoxy) is 1. The molecule has 3 rings (SSSR count). The van der Waals surface area contributed by atoms with Gasteiger partial charge < -0.3 is 9.64 Å². The normalized spacial score (nSPS) is 27.6. The summed E-state index contributed by atoms with van der Waals surface area (Å²) < 4.78 is 6.55. The second kappa shape index (κ2) is 9.25. The lowest BCUT2D eigenvalue weighted by atomic mass is 9.70. The van der Waals surface area contributed by atoms with Crippen LogP contribution in [0.15, 0.2) is 46.4 Å². The van der Waals surface area contributed by atoms with Crippen molar-refractivity contribution in [3.63, 3.8) is 0 Å². The molecule has 0 bridgehead atoms. The fourth-order valence-electron chi connectivity index (χ4n) is 4.58. The minimum Gasteiger partial charge on any atom is -0.465 e. The molecule has 0 aromatic heterocycles. The Morgan fingerprint density at radius 3 is 2.57 bits per heavy atom. The maximum atomic E-state index is 13.2. The molecule has 1 aromatic rings. The average Bonchev–Trinajstić information content (AvgIpc) is 2.71. The van der Waals surface area contributed by atoms with E-state index in [2.05, 4.69) is 27.4 Å². The Hall–Kier alpha value is -1.62. The van der Waals surface area contributed by atoms with E-state index >= 15 is 0 Å². The van der Waals surface area contributed by atoms with Crippen LogP contribution < -0.4 is 0 Å². The maximum absolute atomic E-state index is 13.2. The average molecular weight is 447 g/mol. The second-order valence-corrected chi connectivity index (χ2v) is 8.87. The Balaban J connectivity index is 2.08. The van der Waals surface area contributed by atoms with Crippen LogP contribution in [-0.2, 0) is 9.53 Å². The van der Waals surface area contributed by atoms with Crippen LogP contribution >= 0.6 is 15.9 Å². The molecule has 0 radical (unpaired) electrons. The third kappa shape index (κ3) is 4.19. The van der Waals surface area contributed by atoms with Crippen molar-refractivity contribution in [3.8, 4) is 0 Å². The van der Waals surface area contributed by atoms with Crippen LogP contribution in [0.2, 0.25) is 0 Å². The van der Waals surface area contributed by atoms with Crippen LogP contribution in [0.25, 0.3) is 0 Å². The quantitative estimate of drug-likeness (QED) is 0.418. The van der Waals surface area contributed by atoms with Gasteiger partial charge in [-0.15, -0.1) is 6.58 Å². The van der Waals surface area contributed by atoms with Crippen molar-refractivity contribution in [1.29, 1.82) is 0 Å². The van der Waals surface area contributed by atoms with Gasteiger partial charge in [0.05, 0.1) is 12.3 Å². The van der Waals surface area contributed by atoms with Gasteiger partial charge in [0, 0.05) is 23.0 Å². The van der Waals surface area contributed by atoms with Gasteiger partial charge in [0.1, 0.15) is 11.3 Å². The van der Waals surface area contributed by atoms with Crippen molar-refractivity contribution in [3.05, 3.63) is 41.4 Å². The number of piperidine rings is 1. The number of amidine groups is 1. The summed E-state index contributed by atoms with van der Waals surface area (Å²) in [6, 6.07) is 8.39. The lowest BCUT2D eigenvalue weighted by Gasteiger charge is -2.49. The fourth-order valence-corrected chi connectivity index (χ4v) is 4.84. The van der Waals surface area contributed by atoms with Crippen molar-refractivity contribution >= 4 is 33.4 Å². The topological polar surface area (TPSA) is 41.9 Å². The minimum atomic E-state index is -0.819. The molecule has 1 saturated carbocycles. The zero-order chi connectivity index (χ0) is 20.1. The summed E-state index contributed by atoms with van der Waals surface area (Å²) in [5.74, 6) is 0.660. The van der Waals surface area contributed by atoms with Crippen molar-refractivity contribution in [2.75, 3.05) is 13.2 Å². The summed E-state index contributed by atoms with van der Waals surface area (Å²) >= 11 is 3.49. The van der Waals surface area contributed by atoms with E-state index < -0.39 is 5.41 Å². The van der Waals surface area contributed by atoms with E-state index in [-0.39, 0.29) is 11.9 Å². The monoisotopic (exact) mass is 446 g/mol. The smallest absolute Gasteiger partial charge is 0.320 e. The molecular weight excluding hydrogens is 416 g/mol.